The van der Waals surface area contributed by atoms with E-state index in [0.717, 1.165) is 17.6 Å². The molecule has 3 rings (SSSR count). The third-order valence-electron chi connectivity index (χ3n) is 4.01. The molecular formula is C22H25N. The van der Waals surface area contributed by atoms with Gasteiger partial charge >= 0.3 is 0 Å². The lowest BCUT2D eigenvalue weighted by Gasteiger charge is -2.18. The molecule has 0 radical (unpaired) electrons. The molecular weight excluding hydrogens is 278 g/mol. The van der Waals surface area contributed by atoms with Gasteiger partial charge in [0.15, 0.2) is 0 Å². The average molecular weight is 303 g/mol. The fourth-order valence-electron chi connectivity index (χ4n) is 3.18. The minimum Gasteiger partial charge on any atom is -0.248 e. The van der Waals surface area contributed by atoms with Crippen LogP contribution in [0, 0.1) is 19.3 Å². The highest BCUT2D eigenvalue weighted by atomic mass is 14.7. The number of aryl methyl sites for hydroxylation is 2. The molecule has 0 atom stereocenters. The Labute approximate surface area is 139 Å². The number of rotatable bonds is 2. The van der Waals surface area contributed by atoms with Gasteiger partial charge in [0, 0.05) is 10.9 Å². The van der Waals surface area contributed by atoms with Gasteiger partial charge in [-0.3, -0.25) is 0 Å². The van der Waals surface area contributed by atoms with E-state index in [1.807, 2.05) is 0 Å². The number of benzene rings is 2. The van der Waals surface area contributed by atoms with Crippen LogP contribution in [-0.4, -0.2) is 4.98 Å². The summed E-state index contributed by atoms with van der Waals surface area (Å²) in [6.45, 7) is 11.1. The molecule has 23 heavy (non-hydrogen) atoms. The Balaban J connectivity index is 2.01. The molecule has 0 aliphatic rings. The van der Waals surface area contributed by atoms with Crippen LogP contribution in [0.15, 0.2) is 48.5 Å². The summed E-state index contributed by atoms with van der Waals surface area (Å²) in [4.78, 5) is 4.87. The van der Waals surface area contributed by atoms with Crippen LogP contribution < -0.4 is 0 Å². The van der Waals surface area contributed by atoms with Crippen molar-refractivity contribution in [2.24, 2.45) is 5.41 Å². The van der Waals surface area contributed by atoms with Gasteiger partial charge in [0.25, 0.3) is 0 Å². The SMILES string of the molecule is Cc1cc(C)cc(-c2ccc3cc(CC(C)(C)C)ccc3n2)c1. The van der Waals surface area contributed by atoms with E-state index >= 15 is 0 Å². The lowest BCUT2D eigenvalue weighted by Crippen LogP contribution is -2.08. The summed E-state index contributed by atoms with van der Waals surface area (Å²) in [5.41, 5.74) is 7.56. The molecule has 0 amide bonds. The van der Waals surface area contributed by atoms with E-state index in [4.69, 9.17) is 4.98 Å². The van der Waals surface area contributed by atoms with E-state index in [1.165, 1.54) is 27.6 Å². The van der Waals surface area contributed by atoms with Crippen molar-refractivity contribution in [3.63, 3.8) is 0 Å². The van der Waals surface area contributed by atoms with Crippen LogP contribution >= 0.6 is 0 Å². The van der Waals surface area contributed by atoms with E-state index in [1.54, 1.807) is 0 Å². The Morgan fingerprint density at radius 2 is 1.52 bits per heavy atom. The molecule has 0 aliphatic heterocycles. The Kier molecular flexibility index (Phi) is 3.97. The van der Waals surface area contributed by atoms with Gasteiger partial charge in [-0.1, -0.05) is 50.1 Å². The lowest BCUT2D eigenvalue weighted by molar-refractivity contribution is 0.411. The molecule has 3 aromatic rings. The molecule has 0 N–H and O–H groups in total. The zero-order chi connectivity index (χ0) is 16.6. The number of fused-ring (bicyclic) bond motifs is 1. The monoisotopic (exact) mass is 303 g/mol. The molecule has 0 unspecified atom stereocenters. The Morgan fingerprint density at radius 3 is 2.17 bits per heavy atom. The lowest BCUT2D eigenvalue weighted by atomic mass is 9.88. The highest BCUT2D eigenvalue weighted by molar-refractivity contribution is 5.82. The van der Waals surface area contributed by atoms with Gasteiger partial charge in [-0.25, -0.2) is 4.98 Å². The van der Waals surface area contributed by atoms with Crippen LogP contribution in [0.4, 0.5) is 0 Å². The first kappa shape index (κ1) is 15.7. The molecule has 1 heterocycles. The molecule has 1 heteroatoms. The van der Waals surface area contributed by atoms with Gasteiger partial charge in [0.2, 0.25) is 0 Å². The van der Waals surface area contributed by atoms with Crippen LogP contribution in [0.2, 0.25) is 0 Å². The molecule has 0 aliphatic carbocycles. The quantitative estimate of drug-likeness (QED) is 0.557. The second-order valence-corrected chi connectivity index (χ2v) is 7.84. The average Bonchev–Trinajstić information content (AvgIpc) is 2.44. The Morgan fingerprint density at radius 1 is 0.826 bits per heavy atom. The Hall–Kier alpha value is -2.15. The number of nitrogens with zero attached hydrogens (tertiary/aromatic N) is 1. The van der Waals surface area contributed by atoms with Crippen molar-refractivity contribution in [2.45, 2.75) is 41.0 Å². The van der Waals surface area contributed by atoms with Gasteiger partial charge in [-0.2, -0.15) is 0 Å². The molecule has 118 valence electrons. The number of aromatic nitrogens is 1. The molecule has 0 saturated heterocycles. The molecule has 0 spiro atoms. The summed E-state index contributed by atoms with van der Waals surface area (Å²) >= 11 is 0. The second-order valence-electron chi connectivity index (χ2n) is 7.84. The van der Waals surface area contributed by atoms with E-state index < -0.39 is 0 Å². The third-order valence-corrected chi connectivity index (χ3v) is 4.01. The van der Waals surface area contributed by atoms with Crippen LogP contribution in [0.3, 0.4) is 0 Å². The molecule has 1 nitrogen and oxygen atoms in total. The van der Waals surface area contributed by atoms with E-state index in [2.05, 4.69) is 83.1 Å². The first-order valence-electron chi connectivity index (χ1n) is 8.29. The van der Waals surface area contributed by atoms with Crippen molar-refractivity contribution in [3.8, 4) is 11.3 Å². The van der Waals surface area contributed by atoms with Crippen LogP contribution in [0.5, 0.6) is 0 Å². The Bertz CT molecular complexity index is 833. The molecule has 1 aromatic heterocycles. The summed E-state index contributed by atoms with van der Waals surface area (Å²) in [5.74, 6) is 0. The molecule has 0 saturated carbocycles. The molecule has 2 aromatic carbocycles. The van der Waals surface area contributed by atoms with E-state index in [0.29, 0.717) is 5.41 Å². The number of hydrogen-bond donors (Lipinski definition) is 0. The summed E-state index contributed by atoms with van der Waals surface area (Å²) in [6, 6.07) is 17.6. The van der Waals surface area contributed by atoms with Gasteiger partial charge in [-0.05, 0) is 61.6 Å². The normalized spacial score (nSPS) is 11.9. The largest absolute Gasteiger partial charge is 0.248 e. The first-order valence-corrected chi connectivity index (χ1v) is 8.29. The number of hydrogen-bond acceptors (Lipinski definition) is 1. The maximum Gasteiger partial charge on any atom is 0.0709 e. The van der Waals surface area contributed by atoms with Crippen molar-refractivity contribution < 1.29 is 0 Å². The topological polar surface area (TPSA) is 12.9 Å². The van der Waals surface area contributed by atoms with Crippen LogP contribution in [-0.2, 0) is 6.42 Å². The van der Waals surface area contributed by atoms with Crippen molar-refractivity contribution in [3.05, 3.63) is 65.2 Å². The van der Waals surface area contributed by atoms with Gasteiger partial charge in [-0.15, -0.1) is 0 Å². The summed E-state index contributed by atoms with van der Waals surface area (Å²) < 4.78 is 0. The fourth-order valence-corrected chi connectivity index (χ4v) is 3.18. The summed E-state index contributed by atoms with van der Waals surface area (Å²) in [6.07, 6.45) is 1.09. The third kappa shape index (κ3) is 3.79. The minimum absolute atomic E-state index is 0.306. The number of pyridine rings is 1. The predicted octanol–water partition coefficient (Wildman–Crippen LogP) is 6.11. The smallest absolute Gasteiger partial charge is 0.0709 e. The predicted molar refractivity (Wildman–Crippen MR) is 99.8 cm³/mol. The standard InChI is InChI=1S/C22H25N/c1-15-10-16(2)12-19(11-15)21-9-7-18-13-17(14-22(3,4)5)6-8-20(18)23-21/h6-13H,14H2,1-5H3. The molecule has 0 bridgehead atoms. The zero-order valence-corrected chi connectivity index (χ0v) is 14.8. The zero-order valence-electron chi connectivity index (χ0n) is 14.8. The maximum absolute atomic E-state index is 4.87. The summed E-state index contributed by atoms with van der Waals surface area (Å²) in [7, 11) is 0. The van der Waals surface area contributed by atoms with Crippen molar-refractivity contribution in [1.82, 2.24) is 4.98 Å². The molecule has 0 fully saturated rings. The van der Waals surface area contributed by atoms with Crippen molar-refractivity contribution in [2.75, 3.05) is 0 Å². The van der Waals surface area contributed by atoms with Crippen LogP contribution in [0.25, 0.3) is 22.2 Å². The van der Waals surface area contributed by atoms with E-state index in [9.17, 15) is 0 Å². The highest BCUT2D eigenvalue weighted by Gasteiger charge is 2.12. The first-order chi connectivity index (χ1) is 10.8. The fraction of sp³-hybridized carbons (Fsp3) is 0.318. The van der Waals surface area contributed by atoms with Crippen molar-refractivity contribution >= 4 is 10.9 Å². The van der Waals surface area contributed by atoms with E-state index in [-0.39, 0.29) is 0 Å². The minimum atomic E-state index is 0.306. The summed E-state index contributed by atoms with van der Waals surface area (Å²) in [5, 5.41) is 1.22. The second kappa shape index (κ2) is 5.81. The van der Waals surface area contributed by atoms with Crippen LogP contribution in [0.1, 0.15) is 37.5 Å². The van der Waals surface area contributed by atoms with Gasteiger partial charge < -0.3 is 0 Å². The van der Waals surface area contributed by atoms with Gasteiger partial charge in [0.1, 0.15) is 0 Å². The maximum atomic E-state index is 4.87. The van der Waals surface area contributed by atoms with Gasteiger partial charge in [0.05, 0.1) is 11.2 Å². The highest BCUT2D eigenvalue weighted by Crippen LogP contribution is 2.26. The van der Waals surface area contributed by atoms with Crippen molar-refractivity contribution in [1.29, 1.82) is 0 Å².